The lowest BCUT2D eigenvalue weighted by Crippen LogP contribution is -2.46. The zero-order valence-electron chi connectivity index (χ0n) is 11.6. The van der Waals surface area contributed by atoms with E-state index in [1.807, 2.05) is 7.05 Å². The summed E-state index contributed by atoms with van der Waals surface area (Å²) >= 11 is 0. The third-order valence-corrected chi connectivity index (χ3v) is 5.40. The van der Waals surface area contributed by atoms with Gasteiger partial charge in [-0.2, -0.15) is 4.31 Å². The predicted molar refractivity (Wildman–Crippen MR) is 73.3 cm³/mol. The number of aryl methyl sites for hydroxylation is 1. The Morgan fingerprint density at radius 2 is 1.90 bits per heavy atom. The average molecular weight is 301 g/mol. The van der Waals surface area contributed by atoms with Gasteiger partial charge >= 0.3 is 5.97 Å². The topological polar surface area (TPSA) is 82.9 Å². The summed E-state index contributed by atoms with van der Waals surface area (Å²) in [6, 6.07) is 1.24. The third kappa shape index (κ3) is 2.72. The standard InChI is InChI=1S/C12H19N3O4S/c1-3-14-9-10(8-11(14)12(16)17)20(18,19)15-6-4-13(2)5-7-15/h8-9H,3-7H2,1-2H3,(H,16,17). The molecule has 0 aromatic carbocycles. The fourth-order valence-electron chi connectivity index (χ4n) is 2.24. The van der Waals surface area contributed by atoms with Gasteiger partial charge in [-0.1, -0.05) is 0 Å². The first-order valence-corrected chi connectivity index (χ1v) is 7.92. The Hall–Kier alpha value is -1.38. The number of aromatic nitrogens is 1. The first kappa shape index (κ1) is 15.0. The molecule has 0 amide bonds. The molecule has 0 bridgehead atoms. The monoisotopic (exact) mass is 301 g/mol. The second kappa shape index (κ2) is 5.55. The van der Waals surface area contributed by atoms with E-state index in [-0.39, 0.29) is 10.6 Å². The molecular weight excluding hydrogens is 282 g/mol. The van der Waals surface area contributed by atoms with Crippen molar-refractivity contribution < 1.29 is 18.3 Å². The Morgan fingerprint density at radius 3 is 2.35 bits per heavy atom. The highest BCUT2D eigenvalue weighted by atomic mass is 32.2. The molecule has 0 saturated carbocycles. The van der Waals surface area contributed by atoms with E-state index in [1.165, 1.54) is 21.1 Å². The fraction of sp³-hybridized carbons (Fsp3) is 0.583. The lowest BCUT2D eigenvalue weighted by atomic mass is 10.4. The molecule has 1 aromatic rings. The summed E-state index contributed by atoms with van der Waals surface area (Å²) in [6.45, 7) is 4.41. The molecule has 0 atom stereocenters. The Labute approximate surface area is 118 Å². The van der Waals surface area contributed by atoms with Gasteiger partial charge in [0.1, 0.15) is 10.6 Å². The molecule has 1 aromatic heterocycles. The number of rotatable bonds is 4. The molecule has 1 fully saturated rings. The molecular formula is C12H19N3O4S. The van der Waals surface area contributed by atoms with Crippen molar-refractivity contribution in [1.82, 2.24) is 13.8 Å². The molecule has 1 aliphatic heterocycles. The van der Waals surface area contributed by atoms with Crippen molar-refractivity contribution in [2.45, 2.75) is 18.4 Å². The largest absolute Gasteiger partial charge is 0.477 e. The Bertz CT molecular complexity index is 600. The highest BCUT2D eigenvalue weighted by Crippen LogP contribution is 2.20. The summed E-state index contributed by atoms with van der Waals surface area (Å²) in [5, 5.41) is 9.08. The SMILES string of the molecule is CCn1cc(S(=O)(=O)N2CCN(C)CC2)cc1C(=O)O. The van der Waals surface area contributed by atoms with E-state index in [2.05, 4.69) is 4.90 Å². The zero-order chi connectivity index (χ0) is 14.9. The minimum absolute atomic E-state index is 0.000187. The van der Waals surface area contributed by atoms with Gasteiger partial charge in [0.15, 0.2) is 0 Å². The van der Waals surface area contributed by atoms with Gasteiger partial charge in [0.25, 0.3) is 0 Å². The van der Waals surface area contributed by atoms with Crippen LogP contribution in [0.2, 0.25) is 0 Å². The van der Waals surface area contributed by atoms with E-state index in [0.717, 1.165) is 0 Å². The van der Waals surface area contributed by atoms with Crippen molar-refractivity contribution in [3.8, 4) is 0 Å². The fourth-order valence-corrected chi connectivity index (χ4v) is 3.71. The summed E-state index contributed by atoms with van der Waals surface area (Å²) in [4.78, 5) is 13.2. The summed E-state index contributed by atoms with van der Waals surface area (Å²) in [5.74, 6) is -1.12. The van der Waals surface area contributed by atoms with Gasteiger partial charge in [0.2, 0.25) is 10.0 Å². The van der Waals surface area contributed by atoms with Crippen molar-refractivity contribution in [2.75, 3.05) is 33.2 Å². The van der Waals surface area contributed by atoms with Gasteiger partial charge in [-0.15, -0.1) is 0 Å². The van der Waals surface area contributed by atoms with Crippen LogP contribution in [0.15, 0.2) is 17.2 Å². The number of aromatic carboxylic acids is 1. The summed E-state index contributed by atoms with van der Waals surface area (Å²) < 4.78 is 27.8. The van der Waals surface area contributed by atoms with Crippen molar-refractivity contribution in [3.63, 3.8) is 0 Å². The van der Waals surface area contributed by atoms with Crippen molar-refractivity contribution >= 4 is 16.0 Å². The highest BCUT2D eigenvalue weighted by molar-refractivity contribution is 7.89. The van der Waals surface area contributed by atoms with Crippen molar-refractivity contribution in [2.24, 2.45) is 0 Å². The molecule has 1 saturated heterocycles. The second-order valence-corrected chi connectivity index (χ2v) is 6.80. The van der Waals surface area contributed by atoms with E-state index in [4.69, 9.17) is 5.11 Å². The van der Waals surface area contributed by atoms with E-state index in [1.54, 1.807) is 6.92 Å². The Balaban J connectivity index is 2.32. The van der Waals surface area contributed by atoms with Gasteiger partial charge in [0.05, 0.1) is 0 Å². The van der Waals surface area contributed by atoms with Crippen LogP contribution in [0.1, 0.15) is 17.4 Å². The number of hydrogen-bond acceptors (Lipinski definition) is 4. The number of piperazine rings is 1. The van der Waals surface area contributed by atoms with Crippen LogP contribution in [0.5, 0.6) is 0 Å². The van der Waals surface area contributed by atoms with E-state index < -0.39 is 16.0 Å². The summed E-state index contributed by atoms with van der Waals surface area (Å²) in [7, 11) is -1.66. The molecule has 0 radical (unpaired) electrons. The van der Waals surface area contributed by atoms with E-state index in [9.17, 15) is 13.2 Å². The summed E-state index contributed by atoms with van der Waals surface area (Å²) in [5.41, 5.74) is 0.000187. The number of nitrogens with zero attached hydrogens (tertiary/aromatic N) is 3. The maximum absolute atomic E-state index is 12.5. The van der Waals surface area contributed by atoms with Crippen LogP contribution in [-0.2, 0) is 16.6 Å². The smallest absolute Gasteiger partial charge is 0.352 e. The number of hydrogen-bond donors (Lipinski definition) is 1. The lowest BCUT2D eigenvalue weighted by Gasteiger charge is -2.31. The average Bonchev–Trinajstić information content (AvgIpc) is 2.84. The van der Waals surface area contributed by atoms with Crippen LogP contribution in [-0.4, -0.2) is 66.5 Å². The molecule has 2 heterocycles. The molecule has 20 heavy (non-hydrogen) atoms. The molecule has 1 aliphatic rings. The van der Waals surface area contributed by atoms with Gasteiger partial charge in [-0.25, -0.2) is 13.2 Å². The van der Waals surface area contributed by atoms with Crippen LogP contribution in [0.4, 0.5) is 0 Å². The molecule has 0 spiro atoms. The number of likely N-dealkylation sites (N-methyl/N-ethyl adjacent to an activating group) is 1. The number of carboxylic acids is 1. The van der Waals surface area contributed by atoms with Crippen molar-refractivity contribution in [3.05, 3.63) is 18.0 Å². The van der Waals surface area contributed by atoms with Crippen LogP contribution in [0.3, 0.4) is 0 Å². The zero-order valence-corrected chi connectivity index (χ0v) is 12.4. The Morgan fingerprint density at radius 1 is 1.30 bits per heavy atom. The van der Waals surface area contributed by atoms with Gasteiger partial charge in [0, 0.05) is 38.9 Å². The van der Waals surface area contributed by atoms with Crippen LogP contribution in [0, 0.1) is 0 Å². The molecule has 0 aliphatic carbocycles. The third-order valence-electron chi connectivity index (χ3n) is 3.53. The Kier molecular flexibility index (Phi) is 4.17. The maximum atomic E-state index is 12.5. The van der Waals surface area contributed by atoms with E-state index in [0.29, 0.717) is 32.7 Å². The highest BCUT2D eigenvalue weighted by Gasteiger charge is 2.29. The van der Waals surface area contributed by atoms with Crippen LogP contribution < -0.4 is 0 Å². The lowest BCUT2D eigenvalue weighted by molar-refractivity contribution is 0.0685. The number of carboxylic acid groups (broad SMARTS) is 1. The summed E-state index contributed by atoms with van der Waals surface area (Å²) in [6.07, 6.45) is 1.40. The van der Waals surface area contributed by atoms with Gasteiger partial charge in [-0.05, 0) is 20.0 Å². The molecule has 2 rings (SSSR count). The molecule has 112 valence electrons. The van der Waals surface area contributed by atoms with Crippen LogP contribution in [0.25, 0.3) is 0 Å². The molecule has 1 N–H and O–H groups in total. The van der Waals surface area contributed by atoms with Gasteiger partial charge in [-0.3, -0.25) is 0 Å². The molecule has 8 heteroatoms. The predicted octanol–water partition coefficient (Wildman–Crippen LogP) is 0.142. The minimum atomic E-state index is -3.61. The number of carbonyl (C=O) groups is 1. The minimum Gasteiger partial charge on any atom is -0.477 e. The second-order valence-electron chi connectivity index (χ2n) is 4.86. The number of sulfonamides is 1. The van der Waals surface area contributed by atoms with Gasteiger partial charge < -0.3 is 14.6 Å². The first-order chi connectivity index (χ1) is 9.36. The quantitative estimate of drug-likeness (QED) is 0.855. The van der Waals surface area contributed by atoms with Crippen LogP contribution >= 0.6 is 0 Å². The molecule has 0 unspecified atom stereocenters. The first-order valence-electron chi connectivity index (χ1n) is 6.48. The van der Waals surface area contributed by atoms with Crippen molar-refractivity contribution in [1.29, 1.82) is 0 Å². The van der Waals surface area contributed by atoms with E-state index >= 15 is 0 Å². The molecule has 7 nitrogen and oxygen atoms in total. The normalized spacial score (nSPS) is 18.3. The maximum Gasteiger partial charge on any atom is 0.352 e.